The summed E-state index contributed by atoms with van der Waals surface area (Å²) in [5.41, 5.74) is 6.15. The number of likely N-dealkylation sites (tertiary alicyclic amines) is 1. The molecular formula is C15H22FN3O. The van der Waals surface area contributed by atoms with Crippen LogP contribution in [0.15, 0.2) is 18.2 Å². The van der Waals surface area contributed by atoms with E-state index < -0.39 is 5.82 Å². The van der Waals surface area contributed by atoms with E-state index in [0.717, 1.165) is 13.0 Å². The van der Waals surface area contributed by atoms with Crippen LogP contribution >= 0.6 is 0 Å². The fourth-order valence-corrected chi connectivity index (χ4v) is 2.52. The Labute approximate surface area is 119 Å². The van der Waals surface area contributed by atoms with E-state index in [1.165, 1.54) is 50.6 Å². The van der Waals surface area contributed by atoms with Gasteiger partial charge >= 0.3 is 0 Å². The minimum Gasteiger partial charge on any atom is -0.398 e. The van der Waals surface area contributed by atoms with Gasteiger partial charge in [-0.2, -0.15) is 0 Å². The third kappa shape index (κ3) is 4.20. The van der Waals surface area contributed by atoms with Crippen molar-refractivity contribution >= 4 is 11.6 Å². The van der Waals surface area contributed by atoms with Crippen LogP contribution in [0, 0.1) is 5.82 Å². The second-order valence-corrected chi connectivity index (χ2v) is 5.24. The lowest BCUT2D eigenvalue weighted by Crippen LogP contribution is -2.33. The minimum atomic E-state index is -0.427. The molecule has 0 aliphatic carbocycles. The molecule has 0 radical (unpaired) electrons. The number of hydrogen-bond acceptors (Lipinski definition) is 3. The molecule has 1 saturated heterocycles. The first kappa shape index (κ1) is 14.8. The molecule has 4 nitrogen and oxygen atoms in total. The van der Waals surface area contributed by atoms with Gasteiger partial charge < -0.3 is 16.0 Å². The first-order valence-corrected chi connectivity index (χ1v) is 7.22. The Hall–Kier alpha value is -1.62. The number of nitrogens with two attached hydrogens (primary N) is 1. The van der Waals surface area contributed by atoms with Gasteiger partial charge in [0.15, 0.2) is 0 Å². The van der Waals surface area contributed by atoms with Crippen LogP contribution in [0.4, 0.5) is 10.1 Å². The summed E-state index contributed by atoms with van der Waals surface area (Å²) in [6, 6.07) is 3.84. The predicted molar refractivity (Wildman–Crippen MR) is 78.1 cm³/mol. The number of benzene rings is 1. The number of piperidine rings is 1. The van der Waals surface area contributed by atoms with Crippen molar-refractivity contribution in [2.24, 2.45) is 0 Å². The highest BCUT2D eigenvalue weighted by molar-refractivity contribution is 5.99. The Bertz CT molecular complexity index is 458. The number of anilines is 1. The average Bonchev–Trinajstić information content (AvgIpc) is 2.44. The Morgan fingerprint density at radius 1 is 1.30 bits per heavy atom. The number of rotatable bonds is 5. The number of carbonyl (C=O) groups is 1. The minimum absolute atomic E-state index is 0.179. The summed E-state index contributed by atoms with van der Waals surface area (Å²) < 4.78 is 12.9. The molecule has 1 aliphatic heterocycles. The monoisotopic (exact) mass is 279 g/mol. The van der Waals surface area contributed by atoms with Gasteiger partial charge in [-0.25, -0.2) is 4.39 Å². The van der Waals surface area contributed by atoms with Crippen LogP contribution < -0.4 is 11.1 Å². The van der Waals surface area contributed by atoms with Gasteiger partial charge in [0.1, 0.15) is 5.82 Å². The maximum atomic E-state index is 12.9. The smallest absolute Gasteiger partial charge is 0.253 e. The van der Waals surface area contributed by atoms with E-state index in [1.54, 1.807) is 0 Å². The molecule has 1 aromatic carbocycles. The number of halogens is 1. The highest BCUT2D eigenvalue weighted by atomic mass is 19.1. The van der Waals surface area contributed by atoms with Crippen molar-refractivity contribution in [3.05, 3.63) is 29.6 Å². The molecule has 1 heterocycles. The standard InChI is InChI=1S/C15H22FN3O/c16-12-5-6-13(14(17)11-12)15(20)18-7-4-10-19-8-2-1-3-9-19/h5-6,11H,1-4,7-10,17H2,(H,18,20). The first-order chi connectivity index (χ1) is 9.66. The molecule has 0 atom stereocenters. The quantitative estimate of drug-likeness (QED) is 0.640. The summed E-state index contributed by atoms with van der Waals surface area (Å²) in [6.07, 6.45) is 4.81. The van der Waals surface area contributed by atoms with Gasteiger partial charge in [-0.3, -0.25) is 4.79 Å². The molecule has 2 rings (SSSR count). The zero-order valence-corrected chi connectivity index (χ0v) is 11.7. The molecule has 1 fully saturated rings. The maximum absolute atomic E-state index is 12.9. The number of nitrogens with zero attached hydrogens (tertiary/aromatic N) is 1. The van der Waals surface area contributed by atoms with E-state index in [9.17, 15) is 9.18 Å². The van der Waals surface area contributed by atoms with E-state index in [0.29, 0.717) is 12.1 Å². The lowest BCUT2D eigenvalue weighted by molar-refractivity contribution is 0.0952. The zero-order chi connectivity index (χ0) is 14.4. The van der Waals surface area contributed by atoms with Gasteiger partial charge in [-0.15, -0.1) is 0 Å². The Balaban J connectivity index is 1.72. The molecule has 0 aromatic heterocycles. The topological polar surface area (TPSA) is 58.4 Å². The summed E-state index contributed by atoms with van der Waals surface area (Å²) in [7, 11) is 0. The number of amides is 1. The number of nitrogen functional groups attached to an aromatic ring is 1. The molecule has 1 aliphatic rings. The van der Waals surface area contributed by atoms with Crippen LogP contribution in [-0.2, 0) is 0 Å². The highest BCUT2D eigenvalue weighted by Crippen LogP contribution is 2.13. The summed E-state index contributed by atoms with van der Waals surface area (Å²) in [5, 5.41) is 2.83. The number of carbonyl (C=O) groups excluding carboxylic acids is 1. The molecular weight excluding hydrogens is 257 g/mol. The predicted octanol–water partition coefficient (Wildman–Crippen LogP) is 2.01. The third-order valence-electron chi connectivity index (χ3n) is 3.64. The van der Waals surface area contributed by atoms with Crippen LogP contribution in [0.25, 0.3) is 0 Å². The van der Waals surface area contributed by atoms with E-state index in [2.05, 4.69) is 10.2 Å². The largest absolute Gasteiger partial charge is 0.398 e. The van der Waals surface area contributed by atoms with Gasteiger partial charge in [-0.1, -0.05) is 6.42 Å². The second kappa shape index (κ2) is 7.24. The van der Waals surface area contributed by atoms with Crippen molar-refractivity contribution in [1.82, 2.24) is 10.2 Å². The van der Waals surface area contributed by atoms with E-state index in [4.69, 9.17) is 5.73 Å². The third-order valence-corrected chi connectivity index (χ3v) is 3.64. The van der Waals surface area contributed by atoms with Crippen molar-refractivity contribution < 1.29 is 9.18 Å². The molecule has 0 unspecified atom stereocenters. The van der Waals surface area contributed by atoms with Crippen LogP contribution in [0.1, 0.15) is 36.0 Å². The zero-order valence-electron chi connectivity index (χ0n) is 11.7. The van der Waals surface area contributed by atoms with Gasteiger partial charge in [0.05, 0.1) is 5.56 Å². The van der Waals surface area contributed by atoms with Crippen molar-refractivity contribution in [2.75, 3.05) is 31.9 Å². The molecule has 5 heteroatoms. The summed E-state index contributed by atoms with van der Waals surface area (Å²) in [4.78, 5) is 14.3. The lowest BCUT2D eigenvalue weighted by Gasteiger charge is -2.26. The maximum Gasteiger partial charge on any atom is 0.253 e. The van der Waals surface area contributed by atoms with Crippen molar-refractivity contribution in [2.45, 2.75) is 25.7 Å². The first-order valence-electron chi connectivity index (χ1n) is 7.22. The molecule has 0 saturated carbocycles. The van der Waals surface area contributed by atoms with Crippen LogP contribution in [0.2, 0.25) is 0 Å². The van der Waals surface area contributed by atoms with Crippen LogP contribution in [0.3, 0.4) is 0 Å². The van der Waals surface area contributed by atoms with E-state index in [1.807, 2.05) is 0 Å². The van der Waals surface area contributed by atoms with Gasteiger partial charge in [0.2, 0.25) is 0 Å². The molecule has 110 valence electrons. The van der Waals surface area contributed by atoms with Gasteiger partial charge in [0.25, 0.3) is 5.91 Å². The van der Waals surface area contributed by atoms with Gasteiger partial charge in [-0.05, 0) is 57.1 Å². The molecule has 0 spiro atoms. The fourth-order valence-electron chi connectivity index (χ4n) is 2.52. The van der Waals surface area contributed by atoms with Gasteiger partial charge in [0, 0.05) is 12.2 Å². The van der Waals surface area contributed by atoms with E-state index >= 15 is 0 Å². The SMILES string of the molecule is Nc1cc(F)ccc1C(=O)NCCCN1CCCCC1. The summed E-state index contributed by atoms with van der Waals surface area (Å²) in [5.74, 6) is -0.662. The Morgan fingerprint density at radius 2 is 2.05 bits per heavy atom. The van der Waals surface area contributed by atoms with E-state index in [-0.39, 0.29) is 11.6 Å². The Kier molecular flexibility index (Phi) is 5.35. The molecule has 1 amide bonds. The fraction of sp³-hybridized carbons (Fsp3) is 0.533. The molecule has 0 bridgehead atoms. The number of nitrogens with one attached hydrogen (secondary N) is 1. The molecule has 3 N–H and O–H groups in total. The lowest BCUT2D eigenvalue weighted by atomic mass is 10.1. The highest BCUT2D eigenvalue weighted by Gasteiger charge is 2.11. The molecule has 1 aromatic rings. The van der Waals surface area contributed by atoms with Crippen LogP contribution in [-0.4, -0.2) is 37.0 Å². The Morgan fingerprint density at radius 3 is 2.75 bits per heavy atom. The average molecular weight is 279 g/mol. The normalized spacial score (nSPS) is 16.1. The number of hydrogen-bond donors (Lipinski definition) is 2. The summed E-state index contributed by atoms with van der Waals surface area (Å²) in [6.45, 7) is 3.96. The molecule has 20 heavy (non-hydrogen) atoms. The van der Waals surface area contributed by atoms with Crippen molar-refractivity contribution in [3.8, 4) is 0 Å². The van der Waals surface area contributed by atoms with Crippen molar-refractivity contribution in [1.29, 1.82) is 0 Å². The summed E-state index contributed by atoms with van der Waals surface area (Å²) >= 11 is 0. The second-order valence-electron chi connectivity index (χ2n) is 5.24. The van der Waals surface area contributed by atoms with Crippen molar-refractivity contribution in [3.63, 3.8) is 0 Å². The van der Waals surface area contributed by atoms with Crippen LogP contribution in [0.5, 0.6) is 0 Å².